The molecule has 3 aromatic rings. The fourth-order valence-corrected chi connectivity index (χ4v) is 3.93. The number of hydrogen-bond donors (Lipinski definition) is 1. The summed E-state index contributed by atoms with van der Waals surface area (Å²) < 4.78 is 1.39. The topological polar surface area (TPSA) is 83.8 Å². The Morgan fingerprint density at radius 3 is 2.63 bits per heavy atom. The van der Waals surface area contributed by atoms with E-state index in [1.807, 2.05) is 30.3 Å². The fraction of sp³-hybridized carbons (Fsp3) is 0.263. The zero-order chi connectivity index (χ0) is 18.8. The molecule has 2 aromatic heterocycles. The van der Waals surface area contributed by atoms with Gasteiger partial charge in [-0.25, -0.2) is 4.98 Å². The molecular formula is C19H18N4O3S. The maximum atomic E-state index is 12.7. The molecule has 1 N–H and O–H groups in total. The number of para-hydroxylation sites is 1. The Balaban J connectivity index is 1.41. The van der Waals surface area contributed by atoms with Crippen LogP contribution in [-0.2, 0) is 4.79 Å². The highest BCUT2D eigenvalue weighted by Gasteiger charge is 2.29. The highest BCUT2D eigenvalue weighted by Crippen LogP contribution is 2.20. The smallest absolute Gasteiger partial charge is 0.271 e. The number of thiazole rings is 1. The molecule has 0 atom stereocenters. The number of benzene rings is 1. The lowest BCUT2D eigenvalue weighted by molar-refractivity contribution is -0.121. The number of fused-ring (bicyclic) bond motifs is 1. The SMILES string of the molecule is O=C(Nc1ccccc1)C1CCN(C(=O)c2cnc3sccn3c2=O)CC1. The number of rotatable bonds is 3. The van der Waals surface area contributed by atoms with Gasteiger partial charge in [-0.05, 0) is 25.0 Å². The summed E-state index contributed by atoms with van der Waals surface area (Å²) in [5.41, 5.74) is 0.484. The van der Waals surface area contributed by atoms with Crippen LogP contribution in [0, 0.1) is 5.92 Å². The molecule has 1 fully saturated rings. The number of aromatic nitrogens is 2. The van der Waals surface area contributed by atoms with Crippen molar-refractivity contribution < 1.29 is 9.59 Å². The second-order valence-corrected chi connectivity index (χ2v) is 7.33. The zero-order valence-corrected chi connectivity index (χ0v) is 15.3. The lowest BCUT2D eigenvalue weighted by Crippen LogP contribution is -2.43. The summed E-state index contributed by atoms with van der Waals surface area (Å²) in [6.07, 6.45) is 4.11. The van der Waals surface area contributed by atoms with Crippen LogP contribution < -0.4 is 10.9 Å². The number of carbonyl (C=O) groups is 2. The average Bonchev–Trinajstić information content (AvgIpc) is 3.18. The Morgan fingerprint density at radius 1 is 1.15 bits per heavy atom. The number of anilines is 1. The minimum Gasteiger partial charge on any atom is -0.338 e. The number of nitrogens with one attached hydrogen (secondary N) is 1. The number of piperidine rings is 1. The van der Waals surface area contributed by atoms with E-state index in [2.05, 4.69) is 10.3 Å². The molecule has 1 aliphatic rings. The van der Waals surface area contributed by atoms with Gasteiger partial charge in [0.15, 0.2) is 4.96 Å². The second kappa shape index (κ2) is 7.32. The first-order chi connectivity index (χ1) is 13.1. The van der Waals surface area contributed by atoms with Crippen molar-refractivity contribution in [2.24, 2.45) is 5.92 Å². The van der Waals surface area contributed by atoms with E-state index in [0.29, 0.717) is 30.9 Å². The van der Waals surface area contributed by atoms with Crippen LogP contribution in [0.5, 0.6) is 0 Å². The van der Waals surface area contributed by atoms with Crippen molar-refractivity contribution in [2.75, 3.05) is 18.4 Å². The monoisotopic (exact) mass is 382 g/mol. The molecule has 138 valence electrons. The summed E-state index contributed by atoms with van der Waals surface area (Å²) in [5.74, 6) is -0.502. The van der Waals surface area contributed by atoms with E-state index in [9.17, 15) is 14.4 Å². The molecule has 2 amide bonds. The summed E-state index contributed by atoms with van der Waals surface area (Å²) in [4.78, 5) is 44.0. The molecule has 0 radical (unpaired) electrons. The van der Waals surface area contributed by atoms with Crippen molar-refractivity contribution in [2.45, 2.75) is 12.8 Å². The average molecular weight is 382 g/mol. The van der Waals surface area contributed by atoms with E-state index in [-0.39, 0.29) is 28.9 Å². The predicted molar refractivity (Wildman–Crippen MR) is 103 cm³/mol. The highest BCUT2D eigenvalue weighted by atomic mass is 32.1. The van der Waals surface area contributed by atoms with Gasteiger partial charge in [-0.15, -0.1) is 11.3 Å². The first-order valence-electron chi connectivity index (χ1n) is 8.73. The van der Waals surface area contributed by atoms with Crippen molar-refractivity contribution in [1.29, 1.82) is 0 Å². The molecule has 4 rings (SSSR count). The summed E-state index contributed by atoms with van der Waals surface area (Å²) in [5, 5.41) is 4.67. The Kier molecular flexibility index (Phi) is 4.72. The maximum absolute atomic E-state index is 12.7. The van der Waals surface area contributed by atoms with Crippen molar-refractivity contribution in [3.8, 4) is 0 Å². The van der Waals surface area contributed by atoms with E-state index in [4.69, 9.17) is 0 Å². The molecule has 0 unspecified atom stereocenters. The normalized spacial score (nSPS) is 15.0. The number of likely N-dealkylation sites (tertiary alicyclic amines) is 1. The van der Waals surface area contributed by atoms with Gasteiger partial charge < -0.3 is 10.2 Å². The zero-order valence-electron chi connectivity index (χ0n) is 14.5. The molecule has 1 aliphatic heterocycles. The fourth-order valence-electron chi connectivity index (χ4n) is 3.25. The molecule has 1 saturated heterocycles. The van der Waals surface area contributed by atoms with E-state index in [1.165, 1.54) is 21.9 Å². The number of hydrogen-bond acceptors (Lipinski definition) is 5. The summed E-state index contributed by atoms with van der Waals surface area (Å²) in [7, 11) is 0. The molecule has 1 aromatic carbocycles. The van der Waals surface area contributed by atoms with Crippen LogP contribution >= 0.6 is 11.3 Å². The third-order valence-electron chi connectivity index (χ3n) is 4.77. The van der Waals surface area contributed by atoms with Gasteiger partial charge in [-0.2, -0.15) is 0 Å². The third-order valence-corrected chi connectivity index (χ3v) is 5.54. The molecule has 0 bridgehead atoms. The van der Waals surface area contributed by atoms with E-state index < -0.39 is 0 Å². The van der Waals surface area contributed by atoms with E-state index in [0.717, 1.165) is 5.69 Å². The van der Waals surface area contributed by atoms with Gasteiger partial charge >= 0.3 is 0 Å². The van der Waals surface area contributed by atoms with Crippen molar-refractivity contribution in [3.05, 3.63) is 64.0 Å². The van der Waals surface area contributed by atoms with Gasteiger partial charge in [0, 0.05) is 42.5 Å². The van der Waals surface area contributed by atoms with Gasteiger partial charge in [-0.3, -0.25) is 18.8 Å². The first-order valence-corrected chi connectivity index (χ1v) is 9.61. The Morgan fingerprint density at radius 2 is 1.89 bits per heavy atom. The maximum Gasteiger partial charge on any atom is 0.271 e. The van der Waals surface area contributed by atoms with Gasteiger partial charge in [-0.1, -0.05) is 18.2 Å². The molecule has 27 heavy (non-hydrogen) atoms. The molecule has 0 saturated carbocycles. The van der Waals surface area contributed by atoms with Crippen molar-refractivity contribution in [1.82, 2.24) is 14.3 Å². The quantitative estimate of drug-likeness (QED) is 0.753. The minimum absolute atomic E-state index is 0.0327. The summed E-state index contributed by atoms with van der Waals surface area (Å²) >= 11 is 1.34. The lowest BCUT2D eigenvalue weighted by Gasteiger charge is -2.31. The number of amides is 2. The Hall–Kier alpha value is -3.00. The Labute approximate surface area is 159 Å². The van der Waals surface area contributed by atoms with Crippen molar-refractivity contribution >= 4 is 33.8 Å². The van der Waals surface area contributed by atoms with Crippen LogP contribution in [0.15, 0.2) is 52.9 Å². The van der Waals surface area contributed by atoms with Crippen LogP contribution in [0.3, 0.4) is 0 Å². The highest BCUT2D eigenvalue weighted by molar-refractivity contribution is 7.15. The molecule has 3 heterocycles. The largest absolute Gasteiger partial charge is 0.338 e. The van der Waals surface area contributed by atoms with Crippen LogP contribution in [0.1, 0.15) is 23.2 Å². The summed E-state index contributed by atoms with van der Waals surface area (Å²) in [6, 6.07) is 9.32. The standard InChI is InChI=1S/C19H18N4O3S/c24-16(21-14-4-2-1-3-5-14)13-6-8-22(9-7-13)17(25)15-12-20-19-23(18(15)26)10-11-27-19/h1-5,10-13H,6-9H2,(H,21,24). The van der Waals surface area contributed by atoms with E-state index in [1.54, 1.807) is 16.5 Å². The number of nitrogens with zero attached hydrogens (tertiary/aromatic N) is 3. The van der Waals surface area contributed by atoms with Gasteiger partial charge in [0.2, 0.25) is 5.91 Å². The van der Waals surface area contributed by atoms with E-state index >= 15 is 0 Å². The minimum atomic E-state index is -0.352. The summed E-state index contributed by atoms with van der Waals surface area (Å²) in [6.45, 7) is 0.884. The molecular weight excluding hydrogens is 364 g/mol. The van der Waals surface area contributed by atoms with Crippen LogP contribution in [-0.4, -0.2) is 39.2 Å². The van der Waals surface area contributed by atoms with Crippen molar-refractivity contribution in [3.63, 3.8) is 0 Å². The first kappa shape index (κ1) is 17.4. The molecule has 7 nitrogen and oxygen atoms in total. The van der Waals surface area contributed by atoms with Crippen LogP contribution in [0.25, 0.3) is 4.96 Å². The predicted octanol–water partition coefficient (Wildman–Crippen LogP) is 2.25. The third kappa shape index (κ3) is 3.48. The van der Waals surface area contributed by atoms with Crippen LogP contribution in [0.4, 0.5) is 5.69 Å². The molecule has 0 aliphatic carbocycles. The van der Waals surface area contributed by atoms with Gasteiger partial charge in [0.1, 0.15) is 5.56 Å². The second-order valence-electron chi connectivity index (χ2n) is 6.45. The van der Waals surface area contributed by atoms with Gasteiger partial charge in [0.05, 0.1) is 0 Å². The van der Waals surface area contributed by atoms with Gasteiger partial charge in [0.25, 0.3) is 11.5 Å². The Bertz CT molecular complexity index is 1040. The molecule has 0 spiro atoms. The number of carbonyl (C=O) groups excluding carboxylic acids is 2. The lowest BCUT2D eigenvalue weighted by atomic mass is 9.95. The molecule has 8 heteroatoms. The van der Waals surface area contributed by atoms with Crippen LogP contribution in [0.2, 0.25) is 0 Å².